The predicted octanol–water partition coefficient (Wildman–Crippen LogP) is 4.03. The maximum absolute atomic E-state index is 12.4. The van der Waals surface area contributed by atoms with Gasteiger partial charge >= 0.3 is 0 Å². The van der Waals surface area contributed by atoms with E-state index in [0.717, 1.165) is 22.5 Å². The first kappa shape index (κ1) is 18.5. The van der Waals surface area contributed by atoms with Gasteiger partial charge in [-0.15, -0.1) is 0 Å². The molecule has 29 heavy (non-hydrogen) atoms. The first-order valence-corrected chi connectivity index (χ1v) is 9.22. The molecule has 4 heterocycles. The van der Waals surface area contributed by atoms with E-state index in [-0.39, 0.29) is 5.78 Å². The van der Waals surface area contributed by atoms with Crippen molar-refractivity contribution in [2.75, 3.05) is 5.32 Å². The number of Topliss-reactive ketones (excluding diaryl/α,β-unsaturated/α-hetero) is 1. The third-order valence-electron chi connectivity index (χ3n) is 4.34. The monoisotopic (exact) mass is 388 g/mol. The Morgan fingerprint density at radius 3 is 2.72 bits per heavy atom. The number of aromatic nitrogens is 5. The number of ketones is 1. The van der Waals surface area contributed by atoms with E-state index in [1.807, 2.05) is 38.1 Å². The van der Waals surface area contributed by atoms with Crippen molar-refractivity contribution in [3.63, 3.8) is 0 Å². The van der Waals surface area contributed by atoms with E-state index in [2.05, 4.69) is 30.5 Å². The van der Waals surface area contributed by atoms with Crippen LogP contribution in [0.5, 0.6) is 0 Å². The molecular formula is C21H20N6O2. The van der Waals surface area contributed by atoms with Gasteiger partial charge in [-0.05, 0) is 44.0 Å². The summed E-state index contributed by atoms with van der Waals surface area (Å²) in [5.41, 5.74) is 3.92. The molecule has 146 valence electrons. The molecule has 0 amide bonds. The van der Waals surface area contributed by atoms with E-state index < -0.39 is 0 Å². The van der Waals surface area contributed by atoms with Gasteiger partial charge in [0.25, 0.3) is 0 Å². The molecule has 0 radical (unpaired) electrons. The lowest BCUT2D eigenvalue weighted by Crippen LogP contribution is -2.04. The highest BCUT2D eigenvalue weighted by Gasteiger charge is 2.11. The Kier molecular flexibility index (Phi) is 5.15. The van der Waals surface area contributed by atoms with Crippen molar-refractivity contribution >= 4 is 17.4 Å². The van der Waals surface area contributed by atoms with E-state index in [1.165, 1.54) is 0 Å². The Labute approximate surface area is 167 Å². The smallest absolute Gasteiger partial charge is 0.181 e. The third-order valence-corrected chi connectivity index (χ3v) is 4.34. The molecule has 4 aromatic heterocycles. The lowest BCUT2D eigenvalue weighted by atomic mass is 10.1. The maximum atomic E-state index is 12.4. The highest BCUT2D eigenvalue weighted by Crippen LogP contribution is 2.20. The fraction of sp³-hybridized carbons (Fsp3) is 0.190. The minimum atomic E-state index is -0.0147. The Morgan fingerprint density at radius 1 is 1.14 bits per heavy atom. The number of aromatic amines is 1. The van der Waals surface area contributed by atoms with Gasteiger partial charge in [-0.1, -0.05) is 0 Å². The Morgan fingerprint density at radius 2 is 2.03 bits per heavy atom. The molecule has 4 aromatic rings. The van der Waals surface area contributed by atoms with Crippen LogP contribution in [-0.4, -0.2) is 30.9 Å². The van der Waals surface area contributed by atoms with E-state index in [9.17, 15) is 4.79 Å². The Hall–Kier alpha value is -3.81. The second kappa shape index (κ2) is 8.05. The number of carbonyl (C=O) groups excluding carboxylic acids is 1. The van der Waals surface area contributed by atoms with Crippen LogP contribution in [0.4, 0.5) is 11.6 Å². The van der Waals surface area contributed by atoms with E-state index in [4.69, 9.17) is 4.42 Å². The fourth-order valence-electron chi connectivity index (χ4n) is 2.89. The molecule has 0 spiro atoms. The molecule has 2 N–H and O–H groups in total. The standard InChI is InChI=1S/C21H20N6O2/c1-13-9-19(24-20-10-14(2)26-27-20)25-21(23-13)16-4-5-17(22-11-16)18(28)6-3-15-7-8-29-12-15/h4-5,7-12H,3,6H2,1-2H3,(H2,23,24,25,26,27). The molecule has 0 fully saturated rings. The number of furan rings is 1. The van der Waals surface area contributed by atoms with Crippen LogP contribution in [0.1, 0.15) is 33.9 Å². The number of H-pyrrole nitrogens is 1. The van der Waals surface area contributed by atoms with Gasteiger partial charge in [0.05, 0.1) is 12.5 Å². The van der Waals surface area contributed by atoms with Crippen molar-refractivity contribution in [2.45, 2.75) is 26.7 Å². The summed E-state index contributed by atoms with van der Waals surface area (Å²) in [7, 11) is 0. The van der Waals surface area contributed by atoms with Crippen LogP contribution in [0.2, 0.25) is 0 Å². The summed E-state index contributed by atoms with van der Waals surface area (Å²) < 4.78 is 5.02. The second-order valence-electron chi connectivity index (χ2n) is 6.77. The number of nitrogens with zero attached hydrogens (tertiary/aromatic N) is 4. The molecule has 0 unspecified atom stereocenters. The molecule has 0 bridgehead atoms. The number of nitrogens with one attached hydrogen (secondary N) is 2. The van der Waals surface area contributed by atoms with Crippen LogP contribution >= 0.6 is 0 Å². The molecule has 0 atom stereocenters. The normalized spacial score (nSPS) is 10.8. The zero-order valence-corrected chi connectivity index (χ0v) is 16.1. The Bertz CT molecular complexity index is 1120. The molecule has 0 aromatic carbocycles. The highest BCUT2D eigenvalue weighted by atomic mass is 16.3. The van der Waals surface area contributed by atoms with Gasteiger partial charge in [0.2, 0.25) is 0 Å². The summed E-state index contributed by atoms with van der Waals surface area (Å²) in [6.45, 7) is 3.83. The summed E-state index contributed by atoms with van der Waals surface area (Å²) in [5.74, 6) is 1.84. The SMILES string of the molecule is Cc1cc(Nc2cc(C)[nH]n2)nc(-c2ccc(C(=O)CCc3ccoc3)nc2)n1. The van der Waals surface area contributed by atoms with Gasteiger partial charge in [-0.2, -0.15) is 5.10 Å². The molecule has 0 saturated heterocycles. The van der Waals surface area contributed by atoms with Crippen LogP contribution in [0.15, 0.2) is 53.5 Å². The van der Waals surface area contributed by atoms with Crippen LogP contribution in [0, 0.1) is 13.8 Å². The van der Waals surface area contributed by atoms with Crippen molar-refractivity contribution in [3.05, 3.63) is 71.7 Å². The van der Waals surface area contributed by atoms with Gasteiger partial charge in [-0.3, -0.25) is 14.9 Å². The quantitative estimate of drug-likeness (QED) is 0.460. The zero-order chi connectivity index (χ0) is 20.2. The minimum absolute atomic E-state index is 0.0147. The first-order chi connectivity index (χ1) is 14.1. The van der Waals surface area contributed by atoms with Gasteiger partial charge in [0, 0.05) is 41.7 Å². The molecular weight excluding hydrogens is 368 g/mol. The van der Waals surface area contributed by atoms with Crippen LogP contribution < -0.4 is 5.32 Å². The van der Waals surface area contributed by atoms with Crippen molar-refractivity contribution in [2.24, 2.45) is 0 Å². The second-order valence-corrected chi connectivity index (χ2v) is 6.77. The lowest BCUT2D eigenvalue weighted by Gasteiger charge is -2.07. The van der Waals surface area contributed by atoms with Gasteiger partial charge in [0.15, 0.2) is 17.4 Å². The molecule has 8 nitrogen and oxygen atoms in total. The van der Waals surface area contributed by atoms with Crippen molar-refractivity contribution in [1.82, 2.24) is 25.1 Å². The van der Waals surface area contributed by atoms with Crippen molar-refractivity contribution in [3.8, 4) is 11.4 Å². The van der Waals surface area contributed by atoms with E-state index in [1.54, 1.807) is 24.8 Å². The van der Waals surface area contributed by atoms with E-state index in [0.29, 0.717) is 36.0 Å². The van der Waals surface area contributed by atoms with Gasteiger partial charge in [-0.25, -0.2) is 9.97 Å². The molecule has 0 aliphatic rings. The number of hydrogen-bond donors (Lipinski definition) is 2. The van der Waals surface area contributed by atoms with Crippen LogP contribution in [0.3, 0.4) is 0 Å². The largest absolute Gasteiger partial charge is 0.472 e. The number of anilines is 2. The van der Waals surface area contributed by atoms with Crippen LogP contribution in [0.25, 0.3) is 11.4 Å². The number of rotatable bonds is 7. The van der Waals surface area contributed by atoms with Crippen LogP contribution in [-0.2, 0) is 6.42 Å². The average molecular weight is 388 g/mol. The summed E-state index contributed by atoms with van der Waals surface area (Å²) in [6, 6.07) is 9.12. The number of hydrogen-bond acceptors (Lipinski definition) is 7. The summed E-state index contributed by atoms with van der Waals surface area (Å²) in [5, 5.41) is 10.2. The summed E-state index contributed by atoms with van der Waals surface area (Å²) >= 11 is 0. The number of pyridine rings is 1. The highest BCUT2D eigenvalue weighted by molar-refractivity contribution is 5.94. The topological polar surface area (TPSA) is 110 Å². The minimum Gasteiger partial charge on any atom is -0.472 e. The van der Waals surface area contributed by atoms with Gasteiger partial charge < -0.3 is 9.73 Å². The van der Waals surface area contributed by atoms with Gasteiger partial charge in [0.1, 0.15) is 11.5 Å². The van der Waals surface area contributed by atoms with Crippen molar-refractivity contribution in [1.29, 1.82) is 0 Å². The maximum Gasteiger partial charge on any atom is 0.181 e. The fourth-order valence-corrected chi connectivity index (χ4v) is 2.89. The predicted molar refractivity (Wildman–Crippen MR) is 108 cm³/mol. The van der Waals surface area contributed by atoms with E-state index >= 15 is 0 Å². The summed E-state index contributed by atoms with van der Waals surface area (Å²) in [4.78, 5) is 25.7. The molecule has 0 saturated carbocycles. The number of carbonyl (C=O) groups is 1. The molecule has 8 heteroatoms. The third kappa shape index (κ3) is 4.55. The first-order valence-electron chi connectivity index (χ1n) is 9.22. The lowest BCUT2D eigenvalue weighted by molar-refractivity contribution is 0.0978. The van der Waals surface area contributed by atoms with Crippen molar-refractivity contribution < 1.29 is 9.21 Å². The zero-order valence-electron chi connectivity index (χ0n) is 16.1. The summed E-state index contributed by atoms with van der Waals surface area (Å²) in [6.07, 6.45) is 5.88. The molecule has 4 rings (SSSR count). The average Bonchev–Trinajstić information content (AvgIpc) is 3.37. The molecule has 0 aliphatic carbocycles. The Balaban J connectivity index is 1.48. The number of aryl methyl sites for hydroxylation is 3. The molecule has 0 aliphatic heterocycles.